The molecule has 0 spiro atoms. The van der Waals surface area contributed by atoms with Crippen LogP contribution in [-0.2, 0) is 11.3 Å². The zero-order valence-electron chi connectivity index (χ0n) is 13.5. The minimum absolute atomic E-state index is 0.0421. The maximum Gasteiger partial charge on any atom is 0.225 e. The summed E-state index contributed by atoms with van der Waals surface area (Å²) in [5.41, 5.74) is 1.12. The Bertz CT molecular complexity index is 482. The molecule has 0 unspecified atom stereocenters. The molecule has 0 aromatic heterocycles. The van der Waals surface area contributed by atoms with Gasteiger partial charge in [0.05, 0.1) is 17.5 Å². The summed E-state index contributed by atoms with van der Waals surface area (Å²) < 4.78 is 6.73. The molecule has 4 nitrogen and oxygen atoms in total. The van der Waals surface area contributed by atoms with E-state index in [0.29, 0.717) is 13.0 Å². The summed E-state index contributed by atoms with van der Waals surface area (Å²) in [5, 5.41) is 3.45. The average molecular weight is 357 g/mol. The highest BCUT2D eigenvalue weighted by molar-refractivity contribution is 9.10. The third-order valence-electron chi connectivity index (χ3n) is 2.92. The Hall–Kier alpha value is -1.07. The summed E-state index contributed by atoms with van der Waals surface area (Å²) >= 11 is 3.52. The minimum Gasteiger partial charge on any atom is -0.492 e. The molecule has 0 radical (unpaired) electrons. The van der Waals surface area contributed by atoms with E-state index >= 15 is 0 Å². The number of rotatable bonds is 6. The fraction of sp³-hybridized carbons (Fsp3) is 0.562. The van der Waals surface area contributed by atoms with E-state index in [1.807, 2.05) is 18.2 Å². The molecule has 1 amide bonds. The smallest absolute Gasteiger partial charge is 0.225 e. The molecule has 1 rings (SSSR count). The fourth-order valence-electron chi connectivity index (χ4n) is 1.68. The van der Waals surface area contributed by atoms with E-state index in [9.17, 15) is 4.79 Å². The molecule has 0 aliphatic carbocycles. The lowest BCUT2D eigenvalue weighted by atomic mass is 10.1. The zero-order valence-corrected chi connectivity index (χ0v) is 15.1. The summed E-state index contributed by atoms with van der Waals surface area (Å²) in [6.07, 6.45) is 0.375. The van der Waals surface area contributed by atoms with Crippen molar-refractivity contribution in [2.24, 2.45) is 0 Å². The van der Waals surface area contributed by atoms with Crippen LogP contribution < -0.4 is 10.1 Å². The molecule has 21 heavy (non-hydrogen) atoms. The average Bonchev–Trinajstić information content (AvgIpc) is 2.37. The van der Waals surface area contributed by atoms with Crippen LogP contribution in [0.1, 0.15) is 32.8 Å². The molecule has 0 bridgehead atoms. The van der Waals surface area contributed by atoms with Gasteiger partial charge in [0, 0.05) is 31.7 Å². The SMILES string of the molecule is CN(C)C(=O)CCOc1c(Br)cccc1CNC(C)(C)C. The fourth-order valence-corrected chi connectivity index (χ4v) is 2.20. The molecule has 0 atom stereocenters. The molecule has 0 saturated carbocycles. The molecule has 1 aromatic carbocycles. The van der Waals surface area contributed by atoms with Gasteiger partial charge in [0.1, 0.15) is 5.75 Å². The van der Waals surface area contributed by atoms with Crippen LogP contribution in [0.2, 0.25) is 0 Å². The predicted octanol–water partition coefficient (Wildman–Crippen LogP) is 3.19. The van der Waals surface area contributed by atoms with Crippen LogP contribution in [0.5, 0.6) is 5.75 Å². The Kier molecular flexibility index (Phi) is 6.68. The minimum atomic E-state index is 0.0421. The topological polar surface area (TPSA) is 41.6 Å². The van der Waals surface area contributed by atoms with Crippen molar-refractivity contribution in [2.45, 2.75) is 39.3 Å². The Labute approximate surface area is 136 Å². The molecule has 0 aliphatic rings. The summed E-state index contributed by atoms with van der Waals surface area (Å²) in [4.78, 5) is 13.2. The number of nitrogens with zero attached hydrogens (tertiary/aromatic N) is 1. The van der Waals surface area contributed by atoms with Crippen molar-refractivity contribution in [3.8, 4) is 5.75 Å². The van der Waals surface area contributed by atoms with E-state index in [1.54, 1.807) is 19.0 Å². The van der Waals surface area contributed by atoms with Crippen LogP contribution in [-0.4, -0.2) is 37.0 Å². The van der Waals surface area contributed by atoms with Gasteiger partial charge in [-0.25, -0.2) is 0 Å². The van der Waals surface area contributed by atoms with Gasteiger partial charge >= 0.3 is 0 Å². The molecule has 5 heteroatoms. The van der Waals surface area contributed by atoms with Crippen molar-refractivity contribution in [1.82, 2.24) is 10.2 Å². The number of carbonyl (C=O) groups excluding carboxylic acids is 1. The lowest BCUT2D eigenvalue weighted by Gasteiger charge is -2.22. The van der Waals surface area contributed by atoms with E-state index in [4.69, 9.17) is 4.74 Å². The van der Waals surface area contributed by atoms with Crippen LogP contribution in [0.25, 0.3) is 0 Å². The normalized spacial score (nSPS) is 11.3. The Balaban J connectivity index is 2.69. The second-order valence-electron chi connectivity index (χ2n) is 6.22. The maximum absolute atomic E-state index is 11.6. The first-order valence-corrected chi connectivity index (χ1v) is 7.85. The third-order valence-corrected chi connectivity index (χ3v) is 3.54. The van der Waals surface area contributed by atoms with Gasteiger partial charge in [-0.1, -0.05) is 12.1 Å². The Morgan fingerprint density at radius 3 is 2.57 bits per heavy atom. The molecular formula is C16H25BrN2O2. The van der Waals surface area contributed by atoms with Gasteiger partial charge in [0.15, 0.2) is 0 Å². The number of hydrogen-bond donors (Lipinski definition) is 1. The number of halogens is 1. The Morgan fingerprint density at radius 2 is 2.00 bits per heavy atom. The van der Waals surface area contributed by atoms with Crippen molar-refractivity contribution in [3.63, 3.8) is 0 Å². The van der Waals surface area contributed by atoms with Crippen molar-refractivity contribution in [3.05, 3.63) is 28.2 Å². The number of hydrogen-bond acceptors (Lipinski definition) is 3. The second-order valence-corrected chi connectivity index (χ2v) is 7.07. The predicted molar refractivity (Wildman–Crippen MR) is 89.5 cm³/mol. The largest absolute Gasteiger partial charge is 0.492 e. The van der Waals surface area contributed by atoms with Crippen LogP contribution in [0.3, 0.4) is 0 Å². The van der Waals surface area contributed by atoms with E-state index < -0.39 is 0 Å². The van der Waals surface area contributed by atoms with Crippen molar-refractivity contribution in [1.29, 1.82) is 0 Å². The van der Waals surface area contributed by atoms with Crippen LogP contribution in [0.4, 0.5) is 0 Å². The van der Waals surface area contributed by atoms with Crippen molar-refractivity contribution in [2.75, 3.05) is 20.7 Å². The number of para-hydroxylation sites is 1. The first-order chi connectivity index (χ1) is 9.70. The van der Waals surface area contributed by atoms with E-state index in [-0.39, 0.29) is 11.4 Å². The first kappa shape index (κ1) is 18.0. The number of ether oxygens (including phenoxy) is 1. The number of nitrogens with one attached hydrogen (secondary N) is 1. The highest BCUT2D eigenvalue weighted by Crippen LogP contribution is 2.29. The third kappa shape index (κ3) is 6.48. The van der Waals surface area contributed by atoms with Gasteiger partial charge in [-0.2, -0.15) is 0 Å². The summed E-state index contributed by atoms with van der Waals surface area (Å²) in [5.74, 6) is 0.872. The van der Waals surface area contributed by atoms with E-state index in [1.165, 1.54) is 0 Å². The van der Waals surface area contributed by atoms with Crippen LogP contribution in [0, 0.1) is 0 Å². The highest BCUT2D eigenvalue weighted by Gasteiger charge is 2.13. The van der Waals surface area contributed by atoms with Gasteiger partial charge in [0.25, 0.3) is 0 Å². The molecule has 0 saturated heterocycles. The monoisotopic (exact) mass is 356 g/mol. The number of carbonyl (C=O) groups is 1. The van der Waals surface area contributed by atoms with Crippen LogP contribution >= 0.6 is 15.9 Å². The number of benzene rings is 1. The van der Waals surface area contributed by atoms with Gasteiger partial charge in [-0.15, -0.1) is 0 Å². The van der Waals surface area contributed by atoms with Crippen molar-refractivity contribution >= 4 is 21.8 Å². The maximum atomic E-state index is 11.6. The Morgan fingerprint density at radius 1 is 1.33 bits per heavy atom. The lowest BCUT2D eigenvalue weighted by Crippen LogP contribution is -2.35. The quantitative estimate of drug-likeness (QED) is 0.850. The molecule has 118 valence electrons. The molecule has 1 aromatic rings. The molecule has 0 aliphatic heterocycles. The van der Waals surface area contributed by atoms with Gasteiger partial charge in [-0.05, 0) is 42.8 Å². The standard InChI is InChI=1S/C16H25BrN2O2/c1-16(2,3)18-11-12-7-6-8-13(17)15(12)21-10-9-14(20)19(4)5/h6-8,18H,9-11H2,1-5H3. The highest BCUT2D eigenvalue weighted by atomic mass is 79.9. The van der Waals surface area contributed by atoms with Gasteiger partial charge in [-0.3, -0.25) is 4.79 Å². The number of amides is 1. The summed E-state index contributed by atoms with van der Waals surface area (Å²) in [6, 6.07) is 5.97. The summed E-state index contributed by atoms with van der Waals surface area (Å²) in [6.45, 7) is 7.48. The first-order valence-electron chi connectivity index (χ1n) is 7.06. The molecule has 0 heterocycles. The van der Waals surface area contributed by atoms with E-state index in [0.717, 1.165) is 22.3 Å². The molecule has 1 N–H and O–H groups in total. The molecule has 0 fully saturated rings. The van der Waals surface area contributed by atoms with Crippen molar-refractivity contribution < 1.29 is 9.53 Å². The van der Waals surface area contributed by atoms with Gasteiger partial charge in [0.2, 0.25) is 5.91 Å². The van der Waals surface area contributed by atoms with Gasteiger partial charge < -0.3 is 15.0 Å². The van der Waals surface area contributed by atoms with E-state index in [2.05, 4.69) is 42.0 Å². The summed E-state index contributed by atoms with van der Waals surface area (Å²) in [7, 11) is 3.50. The second kappa shape index (κ2) is 7.80. The molecular weight excluding hydrogens is 332 g/mol. The van der Waals surface area contributed by atoms with Crippen LogP contribution in [0.15, 0.2) is 22.7 Å². The lowest BCUT2D eigenvalue weighted by molar-refractivity contribution is -0.129. The zero-order chi connectivity index (χ0) is 16.0.